The summed E-state index contributed by atoms with van der Waals surface area (Å²) in [5.74, 6) is 0.842. The molecule has 0 atom stereocenters. The van der Waals surface area contributed by atoms with Crippen molar-refractivity contribution in [2.45, 2.75) is 17.1 Å². The van der Waals surface area contributed by atoms with Crippen molar-refractivity contribution in [2.24, 2.45) is 7.05 Å². The van der Waals surface area contributed by atoms with Crippen molar-refractivity contribution in [2.75, 3.05) is 5.73 Å². The minimum absolute atomic E-state index is 0.519. The summed E-state index contributed by atoms with van der Waals surface area (Å²) in [6.07, 6.45) is 1.57. The molecule has 84 valence electrons. The first-order chi connectivity index (χ1) is 7.58. The van der Waals surface area contributed by atoms with Crippen LogP contribution in [0.5, 0.6) is 0 Å². The van der Waals surface area contributed by atoms with E-state index in [4.69, 9.17) is 17.3 Å². The van der Waals surface area contributed by atoms with Gasteiger partial charge in [-0.1, -0.05) is 11.6 Å². The van der Waals surface area contributed by atoms with Gasteiger partial charge in [0.2, 0.25) is 0 Å². The maximum atomic E-state index is 6.02. The van der Waals surface area contributed by atoms with Crippen molar-refractivity contribution < 1.29 is 0 Å². The number of hydrogen-bond donors (Lipinski definition) is 1. The van der Waals surface area contributed by atoms with E-state index in [-0.39, 0.29) is 0 Å². The highest BCUT2D eigenvalue weighted by atomic mass is 35.5. The molecule has 0 aliphatic carbocycles. The van der Waals surface area contributed by atoms with Gasteiger partial charge in [-0.25, -0.2) is 4.98 Å². The van der Waals surface area contributed by atoms with E-state index in [2.05, 4.69) is 15.2 Å². The monoisotopic (exact) mass is 255 g/mol. The molecule has 0 radical (unpaired) electrons. The summed E-state index contributed by atoms with van der Waals surface area (Å²) < 4.78 is 1.87. The van der Waals surface area contributed by atoms with Crippen LogP contribution in [0.15, 0.2) is 22.4 Å². The minimum Gasteiger partial charge on any atom is -0.397 e. The smallest absolute Gasteiger partial charge is 0.197 e. The van der Waals surface area contributed by atoms with Crippen molar-refractivity contribution in [1.29, 1.82) is 0 Å². The Hall–Kier alpha value is -1.27. The normalized spacial score (nSPS) is 10.7. The molecule has 0 saturated carbocycles. The predicted molar refractivity (Wildman–Crippen MR) is 63.5 cm³/mol. The van der Waals surface area contributed by atoms with Gasteiger partial charge in [-0.05, 0) is 24.8 Å². The lowest BCUT2D eigenvalue weighted by Crippen LogP contribution is -1.94. The lowest BCUT2D eigenvalue weighted by atomic mass is 10.4. The van der Waals surface area contributed by atoms with Gasteiger partial charge in [0.1, 0.15) is 10.9 Å². The van der Waals surface area contributed by atoms with Crippen LogP contribution in [0.2, 0.25) is 5.02 Å². The summed E-state index contributed by atoms with van der Waals surface area (Å²) in [6, 6.07) is 1.67. The molecule has 16 heavy (non-hydrogen) atoms. The molecule has 0 aliphatic rings. The number of aryl methyl sites for hydroxylation is 1. The molecule has 5 nitrogen and oxygen atoms in total. The van der Waals surface area contributed by atoms with Gasteiger partial charge in [0.15, 0.2) is 5.16 Å². The summed E-state index contributed by atoms with van der Waals surface area (Å²) >= 11 is 7.38. The summed E-state index contributed by atoms with van der Waals surface area (Å²) in [6.45, 7) is 1.88. The Kier molecular flexibility index (Phi) is 3.02. The van der Waals surface area contributed by atoms with Crippen LogP contribution in [-0.2, 0) is 7.05 Å². The quantitative estimate of drug-likeness (QED) is 0.888. The lowest BCUT2D eigenvalue weighted by molar-refractivity contribution is 0.764. The first-order valence-electron chi connectivity index (χ1n) is 4.53. The molecule has 2 aromatic heterocycles. The van der Waals surface area contributed by atoms with Gasteiger partial charge in [0.05, 0.1) is 16.9 Å². The van der Waals surface area contributed by atoms with Crippen molar-refractivity contribution in [3.63, 3.8) is 0 Å². The maximum Gasteiger partial charge on any atom is 0.197 e. The number of nitrogens with zero attached hydrogens (tertiary/aromatic N) is 4. The molecule has 0 amide bonds. The average molecular weight is 256 g/mol. The molecule has 2 heterocycles. The molecular formula is C9H10ClN5S. The summed E-state index contributed by atoms with van der Waals surface area (Å²) in [5.41, 5.74) is 6.11. The van der Waals surface area contributed by atoms with Crippen molar-refractivity contribution >= 4 is 29.1 Å². The van der Waals surface area contributed by atoms with Crippen molar-refractivity contribution in [3.8, 4) is 0 Å². The van der Waals surface area contributed by atoms with Crippen LogP contribution in [0, 0.1) is 6.92 Å². The van der Waals surface area contributed by atoms with Crippen LogP contribution < -0.4 is 5.73 Å². The van der Waals surface area contributed by atoms with E-state index in [1.807, 2.05) is 18.5 Å². The number of pyridine rings is 1. The largest absolute Gasteiger partial charge is 0.397 e. The topological polar surface area (TPSA) is 69.6 Å². The van der Waals surface area contributed by atoms with Crippen molar-refractivity contribution in [3.05, 3.63) is 23.1 Å². The zero-order chi connectivity index (χ0) is 11.7. The van der Waals surface area contributed by atoms with Gasteiger partial charge in [0, 0.05) is 7.05 Å². The summed E-state index contributed by atoms with van der Waals surface area (Å²) in [5, 5.41) is 9.91. The number of aromatic nitrogens is 4. The third-order valence-electron chi connectivity index (χ3n) is 2.07. The van der Waals surface area contributed by atoms with E-state index < -0.39 is 0 Å². The Labute approximate surface area is 102 Å². The molecule has 2 N–H and O–H groups in total. The van der Waals surface area contributed by atoms with Crippen LogP contribution in [0.1, 0.15) is 5.82 Å². The number of nitrogen functional groups attached to an aromatic ring is 1. The van der Waals surface area contributed by atoms with Crippen LogP contribution in [0.4, 0.5) is 5.69 Å². The number of hydrogen-bond acceptors (Lipinski definition) is 5. The van der Waals surface area contributed by atoms with Gasteiger partial charge < -0.3 is 10.3 Å². The van der Waals surface area contributed by atoms with Crippen molar-refractivity contribution in [1.82, 2.24) is 19.7 Å². The van der Waals surface area contributed by atoms with Gasteiger partial charge in [-0.2, -0.15) is 0 Å². The second-order valence-corrected chi connectivity index (χ2v) is 4.61. The van der Waals surface area contributed by atoms with E-state index in [9.17, 15) is 0 Å². The molecule has 2 rings (SSSR count). The third-order valence-corrected chi connectivity index (χ3v) is 3.53. The number of halogens is 1. The third kappa shape index (κ3) is 2.12. The minimum atomic E-state index is 0.519. The molecule has 0 aliphatic heterocycles. The van der Waals surface area contributed by atoms with Crippen LogP contribution in [-0.4, -0.2) is 19.7 Å². The van der Waals surface area contributed by atoms with E-state index >= 15 is 0 Å². The van der Waals surface area contributed by atoms with Crippen LogP contribution >= 0.6 is 23.4 Å². The van der Waals surface area contributed by atoms with Crippen LogP contribution in [0.25, 0.3) is 0 Å². The fourth-order valence-electron chi connectivity index (χ4n) is 1.08. The number of nitrogens with two attached hydrogens (primary N) is 1. The zero-order valence-corrected chi connectivity index (χ0v) is 10.4. The molecule has 7 heteroatoms. The lowest BCUT2D eigenvalue weighted by Gasteiger charge is -2.03. The standard InChI is InChI=1S/C9H10ClN5S/c1-5-13-14-9(15(5)2)16-8-7(10)3-6(11)4-12-8/h3-4H,11H2,1-2H3. The summed E-state index contributed by atoms with van der Waals surface area (Å²) in [7, 11) is 1.89. The molecule has 0 fully saturated rings. The summed E-state index contributed by atoms with van der Waals surface area (Å²) in [4.78, 5) is 4.15. The second-order valence-electron chi connectivity index (χ2n) is 3.25. The predicted octanol–water partition coefficient (Wildman–Crippen LogP) is 1.91. The molecule has 0 aromatic carbocycles. The highest BCUT2D eigenvalue weighted by molar-refractivity contribution is 7.99. The Morgan fingerprint density at radius 1 is 1.44 bits per heavy atom. The van der Waals surface area contributed by atoms with Gasteiger partial charge in [-0.15, -0.1) is 10.2 Å². The first kappa shape index (κ1) is 11.2. The van der Waals surface area contributed by atoms with E-state index in [1.54, 1.807) is 12.3 Å². The fraction of sp³-hybridized carbons (Fsp3) is 0.222. The number of rotatable bonds is 2. The highest BCUT2D eigenvalue weighted by Gasteiger charge is 2.10. The molecule has 0 spiro atoms. The Morgan fingerprint density at radius 2 is 2.19 bits per heavy atom. The van der Waals surface area contributed by atoms with Crippen LogP contribution in [0.3, 0.4) is 0 Å². The van der Waals surface area contributed by atoms with Gasteiger partial charge in [-0.3, -0.25) is 0 Å². The average Bonchev–Trinajstić information content (AvgIpc) is 2.54. The Balaban J connectivity index is 2.30. The van der Waals surface area contributed by atoms with E-state index in [0.29, 0.717) is 15.7 Å². The van der Waals surface area contributed by atoms with E-state index in [1.165, 1.54) is 11.8 Å². The van der Waals surface area contributed by atoms with E-state index in [0.717, 1.165) is 11.0 Å². The zero-order valence-electron chi connectivity index (χ0n) is 8.81. The van der Waals surface area contributed by atoms with Gasteiger partial charge >= 0.3 is 0 Å². The number of anilines is 1. The molecule has 0 bridgehead atoms. The second kappa shape index (κ2) is 4.31. The highest BCUT2D eigenvalue weighted by Crippen LogP contribution is 2.30. The molecular weight excluding hydrogens is 246 g/mol. The fourth-order valence-corrected chi connectivity index (χ4v) is 2.15. The molecule has 2 aromatic rings. The first-order valence-corrected chi connectivity index (χ1v) is 5.72. The maximum absolute atomic E-state index is 6.02. The molecule has 0 unspecified atom stereocenters. The SMILES string of the molecule is Cc1nnc(Sc2ncc(N)cc2Cl)n1C. The van der Waals surface area contributed by atoms with Gasteiger partial charge in [0.25, 0.3) is 0 Å². The Morgan fingerprint density at radius 3 is 2.75 bits per heavy atom. The Bertz CT molecular complexity index is 525. The molecule has 0 saturated heterocycles.